The summed E-state index contributed by atoms with van der Waals surface area (Å²) in [6, 6.07) is 14.6. The van der Waals surface area contributed by atoms with E-state index in [0.29, 0.717) is 32.5 Å². The van der Waals surface area contributed by atoms with Gasteiger partial charge in [0.2, 0.25) is 4.96 Å². The van der Waals surface area contributed by atoms with E-state index in [4.69, 9.17) is 11.6 Å². The topological polar surface area (TPSA) is 67.6 Å². The summed E-state index contributed by atoms with van der Waals surface area (Å²) in [6.45, 7) is 4.09. The molecule has 0 fully saturated rings. The van der Waals surface area contributed by atoms with Crippen LogP contribution < -0.4 is 15.0 Å². The van der Waals surface area contributed by atoms with Gasteiger partial charge in [-0.2, -0.15) is 9.50 Å². The molecule has 2 aromatic heterocycles. The highest BCUT2D eigenvalue weighted by molar-refractivity contribution is 7.15. The van der Waals surface area contributed by atoms with Gasteiger partial charge in [-0.3, -0.25) is 9.59 Å². The van der Waals surface area contributed by atoms with Crippen LogP contribution in [0.5, 0.6) is 0 Å². The van der Waals surface area contributed by atoms with E-state index >= 15 is 0 Å². The molecule has 0 aliphatic carbocycles. The number of halogens is 1. The molecule has 29 heavy (non-hydrogen) atoms. The van der Waals surface area contributed by atoms with Crippen molar-refractivity contribution in [2.75, 3.05) is 11.4 Å². The second-order valence-electron chi connectivity index (χ2n) is 6.47. The molecule has 0 spiro atoms. The SMILES string of the molecule is C=CCN1C(=O)/C(=c2\sc3nc(-c4cccc(Cl)c4)nn3c2=O)c2ccccc21. The number of thiazole rings is 1. The molecule has 6 nitrogen and oxygen atoms in total. The Hall–Kier alpha value is -3.29. The van der Waals surface area contributed by atoms with Gasteiger partial charge in [0.25, 0.3) is 11.5 Å². The molecule has 0 saturated carbocycles. The van der Waals surface area contributed by atoms with Crippen molar-refractivity contribution >= 4 is 45.1 Å². The molecule has 4 aromatic rings. The van der Waals surface area contributed by atoms with Crippen LogP contribution in [0.1, 0.15) is 5.56 Å². The number of fused-ring (bicyclic) bond motifs is 2. The zero-order valence-corrected chi connectivity index (χ0v) is 16.6. The van der Waals surface area contributed by atoms with Gasteiger partial charge in [0.05, 0.1) is 11.3 Å². The first-order chi connectivity index (χ1) is 14.1. The van der Waals surface area contributed by atoms with Gasteiger partial charge in [0.15, 0.2) is 5.82 Å². The molecule has 8 heteroatoms. The van der Waals surface area contributed by atoms with Crippen LogP contribution in [-0.2, 0) is 4.79 Å². The van der Waals surface area contributed by atoms with Crippen molar-refractivity contribution in [3.63, 3.8) is 0 Å². The van der Waals surface area contributed by atoms with E-state index in [1.54, 1.807) is 29.2 Å². The summed E-state index contributed by atoms with van der Waals surface area (Å²) in [4.78, 5) is 32.7. The fraction of sp³-hybridized carbons (Fsp3) is 0.0476. The van der Waals surface area contributed by atoms with Crippen molar-refractivity contribution < 1.29 is 4.79 Å². The van der Waals surface area contributed by atoms with E-state index in [1.807, 2.05) is 30.3 Å². The summed E-state index contributed by atoms with van der Waals surface area (Å²) >= 11 is 7.20. The van der Waals surface area contributed by atoms with Gasteiger partial charge in [-0.05, 0) is 18.2 Å². The molecule has 2 aromatic carbocycles. The minimum atomic E-state index is -0.357. The minimum absolute atomic E-state index is 0.220. The van der Waals surface area contributed by atoms with E-state index in [-0.39, 0.29) is 11.5 Å². The van der Waals surface area contributed by atoms with Crippen LogP contribution >= 0.6 is 22.9 Å². The zero-order chi connectivity index (χ0) is 20.1. The summed E-state index contributed by atoms with van der Waals surface area (Å²) in [7, 11) is 0. The molecule has 1 aliphatic heterocycles. The highest BCUT2D eigenvalue weighted by Gasteiger charge is 2.33. The summed E-state index contributed by atoms with van der Waals surface area (Å²) < 4.78 is 1.58. The maximum Gasteiger partial charge on any atom is 0.291 e. The van der Waals surface area contributed by atoms with E-state index in [9.17, 15) is 9.59 Å². The fourth-order valence-electron chi connectivity index (χ4n) is 3.44. The normalized spacial score (nSPS) is 15.2. The van der Waals surface area contributed by atoms with Gasteiger partial charge in [-0.25, -0.2) is 0 Å². The number of hydrogen-bond donors (Lipinski definition) is 0. The highest BCUT2D eigenvalue weighted by atomic mass is 35.5. The van der Waals surface area contributed by atoms with Crippen molar-refractivity contribution in [1.82, 2.24) is 14.6 Å². The van der Waals surface area contributed by atoms with Crippen molar-refractivity contribution in [3.8, 4) is 11.4 Å². The van der Waals surface area contributed by atoms with Crippen LogP contribution in [0.25, 0.3) is 21.9 Å². The van der Waals surface area contributed by atoms with Crippen molar-refractivity contribution in [1.29, 1.82) is 0 Å². The molecule has 142 valence electrons. The first-order valence-corrected chi connectivity index (χ1v) is 10.00. The second kappa shape index (κ2) is 6.65. The van der Waals surface area contributed by atoms with Gasteiger partial charge in [-0.15, -0.1) is 11.7 Å². The minimum Gasteiger partial charge on any atom is -0.304 e. The molecular formula is C21H13ClN4O2S. The van der Waals surface area contributed by atoms with E-state index in [1.165, 1.54) is 4.52 Å². The molecule has 0 bridgehead atoms. The van der Waals surface area contributed by atoms with E-state index in [0.717, 1.165) is 28.2 Å². The lowest BCUT2D eigenvalue weighted by atomic mass is 10.1. The Bertz CT molecular complexity index is 1420. The molecule has 1 amide bonds. The summed E-state index contributed by atoms with van der Waals surface area (Å²) in [5, 5.41) is 4.91. The summed E-state index contributed by atoms with van der Waals surface area (Å²) in [5.74, 6) is 0.196. The van der Waals surface area contributed by atoms with Gasteiger partial charge in [-0.1, -0.05) is 59.3 Å². The van der Waals surface area contributed by atoms with Gasteiger partial charge in [0, 0.05) is 22.7 Å². The Morgan fingerprint density at radius 3 is 2.72 bits per heavy atom. The highest BCUT2D eigenvalue weighted by Crippen LogP contribution is 2.35. The predicted molar refractivity (Wildman–Crippen MR) is 114 cm³/mol. The van der Waals surface area contributed by atoms with Gasteiger partial charge in [0.1, 0.15) is 4.53 Å². The maximum absolute atomic E-state index is 13.1. The second-order valence-corrected chi connectivity index (χ2v) is 7.89. The lowest BCUT2D eigenvalue weighted by molar-refractivity contribution is -0.112. The molecule has 0 unspecified atom stereocenters. The van der Waals surface area contributed by atoms with Crippen LogP contribution in [0.2, 0.25) is 5.02 Å². The number of nitrogens with zero attached hydrogens (tertiary/aromatic N) is 4. The average molecular weight is 421 g/mol. The number of rotatable bonds is 3. The molecule has 5 rings (SSSR count). The van der Waals surface area contributed by atoms with Gasteiger partial charge >= 0.3 is 0 Å². The van der Waals surface area contributed by atoms with Crippen LogP contribution in [-0.4, -0.2) is 27.0 Å². The molecule has 0 N–H and O–H groups in total. The lowest BCUT2D eigenvalue weighted by Gasteiger charge is -2.13. The van der Waals surface area contributed by atoms with Crippen molar-refractivity contribution in [2.45, 2.75) is 0 Å². The molecule has 0 atom stereocenters. The predicted octanol–water partition coefficient (Wildman–Crippen LogP) is 2.92. The molecule has 3 heterocycles. The third-order valence-corrected chi connectivity index (χ3v) is 5.97. The third kappa shape index (κ3) is 2.70. The summed E-state index contributed by atoms with van der Waals surface area (Å²) in [5.41, 5.74) is 2.25. The number of amides is 1. The van der Waals surface area contributed by atoms with E-state index < -0.39 is 0 Å². The van der Waals surface area contributed by atoms with Gasteiger partial charge < -0.3 is 4.90 Å². The number of aromatic nitrogens is 3. The summed E-state index contributed by atoms with van der Waals surface area (Å²) in [6.07, 6.45) is 1.66. The van der Waals surface area contributed by atoms with Crippen LogP contribution in [0, 0.1) is 0 Å². The number of benzene rings is 2. The Kier molecular flexibility index (Phi) is 4.08. The number of hydrogen-bond acceptors (Lipinski definition) is 5. The average Bonchev–Trinajstić information content (AvgIpc) is 3.34. The Balaban J connectivity index is 1.73. The lowest BCUT2D eigenvalue weighted by Crippen LogP contribution is -2.32. The first kappa shape index (κ1) is 17.8. The van der Waals surface area contributed by atoms with Crippen LogP contribution in [0.3, 0.4) is 0 Å². The Morgan fingerprint density at radius 2 is 1.97 bits per heavy atom. The molecule has 0 saturated heterocycles. The number of carbonyl (C=O) groups excluding carboxylic acids is 1. The van der Waals surface area contributed by atoms with E-state index in [2.05, 4.69) is 16.7 Å². The molecule has 0 radical (unpaired) electrons. The monoisotopic (exact) mass is 420 g/mol. The third-order valence-electron chi connectivity index (χ3n) is 4.70. The fourth-order valence-corrected chi connectivity index (χ4v) is 4.63. The standard InChI is InChI=1S/C21H13ClN4O2S/c1-2-10-25-15-9-4-3-8-14(15)16(19(25)27)17-20(28)26-21(29-17)23-18(24-26)12-6-5-7-13(22)11-12/h2-9,11H,1,10H2/b17-16-. The van der Waals surface area contributed by atoms with Crippen LogP contribution in [0.4, 0.5) is 5.69 Å². The largest absolute Gasteiger partial charge is 0.304 e. The number of anilines is 1. The quantitative estimate of drug-likeness (QED) is 0.478. The maximum atomic E-state index is 13.1. The smallest absolute Gasteiger partial charge is 0.291 e. The zero-order valence-electron chi connectivity index (χ0n) is 15.0. The molecule has 1 aliphatic rings. The number of para-hydroxylation sites is 1. The first-order valence-electron chi connectivity index (χ1n) is 8.80. The molecular weight excluding hydrogens is 408 g/mol. The Morgan fingerprint density at radius 1 is 1.14 bits per heavy atom. The van der Waals surface area contributed by atoms with Crippen LogP contribution in [0.15, 0.2) is 66.0 Å². The van der Waals surface area contributed by atoms with Crippen molar-refractivity contribution in [2.24, 2.45) is 0 Å². The number of carbonyl (C=O) groups is 1. The van der Waals surface area contributed by atoms with Crippen molar-refractivity contribution in [3.05, 3.63) is 86.7 Å². The Labute approximate surface area is 174 Å².